The predicted octanol–water partition coefficient (Wildman–Crippen LogP) is 5.83. The van der Waals surface area contributed by atoms with Gasteiger partial charge in [0.05, 0.1) is 46.0 Å². The lowest BCUT2D eigenvalue weighted by Crippen LogP contribution is -2.46. The Morgan fingerprint density at radius 1 is 1.20 bits per heavy atom. The molecule has 5 aromatic rings. The molecule has 1 aromatic carbocycles. The van der Waals surface area contributed by atoms with Crippen LogP contribution in [0.5, 0.6) is 0 Å². The SMILES string of the molecule is Cc1nc2cnc(N(C)C3CCN(CC(C)(F)F)CC3)c(C#N)c2c(=O)n1CC#Cc1ccc(Cl)cc1-c1ccnc2c(C(=O)NS(=O)(=O)CC(F)F)csc12. The molecule has 12 nitrogen and oxygen atoms in total. The second-order valence-corrected chi connectivity index (χ2v) is 16.4. The lowest BCUT2D eigenvalue weighted by molar-refractivity contribution is -0.0198. The minimum absolute atomic E-state index is 0.0454. The molecule has 19 heteroatoms. The predicted molar refractivity (Wildman–Crippen MR) is 206 cm³/mol. The van der Waals surface area contributed by atoms with E-state index in [-0.39, 0.29) is 52.5 Å². The van der Waals surface area contributed by atoms with Gasteiger partial charge < -0.3 is 4.90 Å². The molecule has 0 bridgehead atoms. The van der Waals surface area contributed by atoms with Gasteiger partial charge in [-0.3, -0.25) is 24.0 Å². The first-order chi connectivity index (χ1) is 26.5. The number of aryl methyl sites for hydroxylation is 1. The standard InChI is InChI=1S/C37H33ClF4N8O4S2/c1-21-46-29-17-45-34(48(3)24-9-13-49(14-10-24)20-37(2,41)42)27(16-43)31(29)36(52)50(21)12-4-5-22-6-7-23(38)15-26(22)25-8-11-44-32-28(18-55-33(25)32)35(51)47-56(53,54)19-30(39)40/h6-8,11,15,17-18,24,30H,9-10,12-14,19-20H2,1-3H3,(H,47,51). The summed E-state index contributed by atoms with van der Waals surface area (Å²) in [5.74, 6) is 1.26. The van der Waals surface area contributed by atoms with E-state index in [0.29, 0.717) is 58.2 Å². The molecule has 4 aromatic heterocycles. The number of fused-ring (bicyclic) bond motifs is 2. The summed E-state index contributed by atoms with van der Waals surface area (Å²) in [4.78, 5) is 43.7. The van der Waals surface area contributed by atoms with E-state index >= 15 is 0 Å². The molecule has 1 N–H and O–H groups in total. The molecule has 0 unspecified atom stereocenters. The summed E-state index contributed by atoms with van der Waals surface area (Å²) in [5.41, 5.74) is 1.38. The number of rotatable bonds is 10. The van der Waals surface area contributed by atoms with Crippen LogP contribution in [0.1, 0.15) is 47.1 Å². The zero-order valence-electron chi connectivity index (χ0n) is 30.1. The van der Waals surface area contributed by atoms with Crippen molar-refractivity contribution < 1.29 is 30.8 Å². The molecule has 292 valence electrons. The molecule has 1 fully saturated rings. The third-order valence-electron chi connectivity index (χ3n) is 9.25. The number of anilines is 1. The van der Waals surface area contributed by atoms with Crippen molar-refractivity contribution in [2.45, 2.75) is 51.6 Å². The molecule has 56 heavy (non-hydrogen) atoms. The van der Waals surface area contributed by atoms with Gasteiger partial charge in [0.1, 0.15) is 29.0 Å². The molecular weight excluding hydrogens is 796 g/mol. The number of nitrogens with zero attached hydrogens (tertiary/aromatic N) is 7. The van der Waals surface area contributed by atoms with Crippen LogP contribution in [0.25, 0.3) is 32.2 Å². The van der Waals surface area contributed by atoms with E-state index in [1.54, 1.807) is 47.9 Å². The zero-order valence-corrected chi connectivity index (χ0v) is 32.5. The first-order valence-corrected chi connectivity index (χ1v) is 20.0. The molecule has 1 aliphatic rings. The number of likely N-dealkylation sites (tertiary alicyclic amines) is 1. The number of nitrogens with one attached hydrogen (secondary N) is 1. The molecule has 0 atom stereocenters. The van der Waals surface area contributed by atoms with Crippen molar-refractivity contribution in [3.8, 4) is 29.0 Å². The van der Waals surface area contributed by atoms with Crippen LogP contribution >= 0.6 is 22.9 Å². The van der Waals surface area contributed by atoms with Crippen LogP contribution in [0.4, 0.5) is 23.4 Å². The maximum atomic E-state index is 14.0. The van der Waals surface area contributed by atoms with E-state index in [1.807, 2.05) is 4.90 Å². The number of pyridine rings is 2. The minimum atomic E-state index is -4.60. The Morgan fingerprint density at radius 3 is 2.61 bits per heavy atom. The Hall–Kier alpha value is -5.14. The lowest BCUT2D eigenvalue weighted by Gasteiger charge is -2.38. The summed E-state index contributed by atoms with van der Waals surface area (Å²) < 4.78 is 80.2. The highest BCUT2D eigenvalue weighted by molar-refractivity contribution is 7.90. The molecule has 5 heterocycles. The number of aromatic nitrogens is 4. The summed E-state index contributed by atoms with van der Waals surface area (Å²) in [6.45, 7) is 2.98. The second-order valence-electron chi connectivity index (χ2n) is 13.3. The first-order valence-electron chi connectivity index (χ1n) is 17.1. The quantitative estimate of drug-likeness (QED) is 0.134. The second kappa shape index (κ2) is 16.1. The van der Waals surface area contributed by atoms with Crippen molar-refractivity contribution in [1.29, 1.82) is 5.26 Å². The topological polar surface area (TPSA) is 154 Å². The third kappa shape index (κ3) is 8.79. The minimum Gasteiger partial charge on any atom is -0.355 e. The molecular formula is C37H33ClF4N8O4S2. The van der Waals surface area contributed by atoms with Crippen LogP contribution in [-0.2, 0) is 16.6 Å². The van der Waals surface area contributed by atoms with Crippen LogP contribution < -0.4 is 15.2 Å². The van der Waals surface area contributed by atoms with Crippen LogP contribution in [-0.4, -0.2) is 89.6 Å². The zero-order chi connectivity index (χ0) is 40.5. The molecule has 6 rings (SSSR count). The van der Waals surface area contributed by atoms with Crippen molar-refractivity contribution >= 4 is 65.8 Å². The summed E-state index contributed by atoms with van der Waals surface area (Å²) in [6.07, 6.45) is 0.806. The Morgan fingerprint density at radius 2 is 1.93 bits per heavy atom. The number of halogens is 5. The number of benzene rings is 1. The van der Waals surface area contributed by atoms with E-state index in [1.165, 1.54) is 22.3 Å². The van der Waals surface area contributed by atoms with Crippen molar-refractivity contribution in [3.63, 3.8) is 0 Å². The molecule has 0 spiro atoms. The molecule has 0 radical (unpaired) electrons. The van der Waals surface area contributed by atoms with Crippen molar-refractivity contribution in [1.82, 2.24) is 29.1 Å². The summed E-state index contributed by atoms with van der Waals surface area (Å²) >= 11 is 7.47. The fourth-order valence-corrected chi connectivity index (χ4v) is 8.68. The van der Waals surface area contributed by atoms with Crippen LogP contribution in [0, 0.1) is 30.1 Å². The molecule has 0 saturated carbocycles. The number of piperidine rings is 1. The highest BCUT2D eigenvalue weighted by Crippen LogP contribution is 2.37. The summed E-state index contributed by atoms with van der Waals surface area (Å²) in [7, 11) is -2.83. The van der Waals surface area contributed by atoms with E-state index < -0.39 is 39.6 Å². The van der Waals surface area contributed by atoms with E-state index in [2.05, 4.69) is 32.9 Å². The van der Waals surface area contributed by atoms with Crippen molar-refractivity contribution in [3.05, 3.63) is 79.9 Å². The fraction of sp³-hybridized carbons (Fsp3) is 0.351. The Bertz CT molecular complexity index is 2620. The summed E-state index contributed by atoms with van der Waals surface area (Å²) in [5, 5.41) is 12.1. The van der Waals surface area contributed by atoms with Crippen LogP contribution in [0.2, 0.25) is 5.02 Å². The average molecular weight is 829 g/mol. The van der Waals surface area contributed by atoms with Gasteiger partial charge in [-0.05, 0) is 44.0 Å². The van der Waals surface area contributed by atoms with E-state index in [0.717, 1.165) is 18.3 Å². The first kappa shape index (κ1) is 40.5. The number of carbonyl (C=O) groups excluding carboxylic acids is 1. The number of nitriles is 1. The number of hydrogen-bond donors (Lipinski definition) is 1. The Balaban J connectivity index is 1.30. The number of thiophene rings is 1. The van der Waals surface area contributed by atoms with Crippen molar-refractivity contribution in [2.24, 2.45) is 0 Å². The number of hydrogen-bond acceptors (Lipinski definition) is 11. The Kier molecular flexibility index (Phi) is 11.7. The highest BCUT2D eigenvalue weighted by Gasteiger charge is 2.31. The number of carbonyl (C=O) groups is 1. The normalized spacial score (nSPS) is 14.1. The third-order valence-corrected chi connectivity index (χ3v) is 11.7. The fourth-order valence-electron chi connectivity index (χ4n) is 6.67. The van der Waals surface area contributed by atoms with Gasteiger partial charge >= 0.3 is 0 Å². The molecule has 1 saturated heterocycles. The van der Waals surface area contributed by atoms with E-state index in [9.17, 15) is 40.8 Å². The highest BCUT2D eigenvalue weighted by atomic mass is 35.5. The van der Waals surface area contributed by atoms with Crippen molar-refractivity contribution in [2.75, 3.05) is 37.3 Å². The van der Waals surface area contributed by atoms with Gasteiger partial charge in [-0.1, -0.05) is 23.4 Å². The smallest absolute Gasteiger partial charge is 0.267 e. The van der Waals surface area contributed by atoms with Gasteiger partial charge in [-0.2, -0.15) is 5.26 Å². The monoisotopic (exact) mass is 828 g/mol. The number of amides is 1. The number of sulfonamides is 1. The number of alkyl halides is 4. The lowest BCUT2D eigenvalue weighted by atomic mass is 10.00. The average Bonchev–Trinajstić information content (AvgIpc) is 3.56. The maximum Gasteiger partial charge on any atom is 0.267 e. The van der Waals surface area contributed by atoms with Gasteiger partial charge in [-0.25, -0.2) is 40.7 Å². The summed E-state index contributed by atoms with van der Waals surface area (Å²) in [6, 6.07) is 8.64. The van der Waals surface area contributed by atoms with Crippen LogP contribution in [0.15, 0.2) is 46.8 Å². The van der Waals surface area contributed by atoms with E-state index in [4.69, 9.17) is 11.6 Å². The molecule has 1 aliphatic heterocycles. The Labute approximate surface area is 327 Å². The molecule has 1 amide bonds. The largest absolute Gasteiger partial charge is 0.355 e. The van der Waals surface area contributed by atoms with Gasteiger partial charge in [0.25, 0.3) is 23.8 Å². The molecule has 0 aliphatic carbocycles. The van der Waals surface area contributed by atoms with Gasteiger partial charge in [0.2, 0.25) is 10.0 Å². The van der Waals surface area contributed by atoms with Gasteiger partial charge in [-0.15, -0.1) is 11.3 Å². The van der Waals surface area contributed by atoms with Crippen LogP contribution in [0.3, 0.4) is 0 Å². The van der Waals surface area contributed by atoms with Gasteiger partial charge in [0.15, 0.2) is 0 Å². The van der Waals surface area contributed by atoms with Gasteiger partial charge in [0, 0.05) is 66.4 Å². The maximum absolute atomic E-state index is 14.0.